The quantitative estimate of drug-likeness (QED) is 0.684. The lowest BCUT2D eigenvalue weighted by Gasteiger charge is -2.27. The van der Waals surface area contributed by atoms with Crippen molar-refractivity contribution in [1.29, 1.82) is 0 Å². The molecule has 1 unspecified atom stereocenters. The fourth-order valence-corrected chi connectivity index (χ4v) is 3.02. The number of hydrogen-bond acceptors (Lipinski definition) is 3. The third-order valence-electron chi connectivity index (χ3n) is 2.87. The molecule has 3 heteroatoms. The third kappa shape index (κ3) is 1.95. The van der Waals surface area contributed by atoms with Crippen LogP contribution in [0, 0.1) is 5.92 Å². The highest BCUT2D eigenvalue weighted by atomic mass is 32.2. The fourth-order valence-electron chi connectivity index (χ4n) is 1.61. The zero-order valence-electron chi connectivity index (χ0n) is 7.38. The van der Waals surface area contributed by atoms with Crippen molar-refractivity contribution in [2.24, 2.45) is 5.92 Å². The summed E-state index contributed by atoms with van der Waals surface area (Å²) in [5.41, 5.74) is 0.0766. The van der Waals surface area contributed by atoms with E-state index in [-0.39, 0.29) is 5.54 Å². The Bertz CT molecular complexity index is 153. The Morgan fingerprint density at radius 2 is 2.33 bits per heavy atom. The highest BCUT2D eigenvalue weighted by Gasteiger charge is 2.34. The number of hydrogen-bond donors (Lipinski definition) is 2. The molecule has 1 aliphatic carbocycles. The van der Waals surface area contributed by atoms with Gasteiger partial charge in [-0.05, 0) is 37.5 Å². The zero-order chi connectivity index (χ0) is 8.44. The van der Waals surface area contributed by atoms with Gasteiger partial charge in [-0.3, -0.25) is 0 Å². The summed E-state index contributed by atoms with van der Waals surface area (Å²) in [4.78, 5) is 0. The molecular weight excluding hydrogens is 170 g/mol. The summed E-state index contributed by atoms with van der Waals surface area (Å²) < 4.78 is 0. The van der Waals surface area contributed by atoms with Gasteiger partial charge < -0.3 is 10.4 Å². The van der Waals surface area contributed by atoms with Gasteiger partial charge >= 0.3 is 0 Å². The Morgan fingerprint density at radius 1 is 1.50 bits per heavy atom. The van der Waals surface area contributed by atoms with E-state index in [0.717, 1.165) is 24.6 Å². The number of aliphatic hydroxyl groups excluding tert-OH is 1. The Balaban J connectivity index is 1.79. The highest BCUT2D eigenvalue weighted by molar-refractivity contribution is 7.99. The van der Waals surface area contributed by atoms with Crippen LogP contribution in [-0.4, -0.2) is 35.3 Å². The second-order valence-corrected chi connectivity index (χ2v) is 5.17. The minimum Gasteiger partial charge on any atom is -0.394 e. The van der Waals surface area contributed by atoms with E-state index in [1.54, 1.807) is 0 Å². The molecule has 70 valence electrons. The van der Waals surface area contributed by atoms with Gasteiger partial charge in [-0.1, -0.05) is 0 Å². The Morgan fingerprint density at radius 3 is 2.83 bits per heavy atom. The molecule has 0 aromatic carbocycles. The van der Waals surface area contributed by atoms with E-state index in [1.807, 2.05) is 11.8 Å². The van der Waals surface area contributed by atoms with Gasteiger partial charge in [0.2, 0.25) is 0 Å². The van der Waals surface area contributed by atoms with Crippen LogP contribution in [0.25, 0.3) is 0 Å². The van der Waals surface area contributed by atoms with E-state index in [2.05, 4.69) is 5.32 Å². The summed E-state index contributed by atoms with van der Waals surface area (Å²) in [5.74, 6) is 3.22. The Hall–Kier alpha value is 0.270. The smallest absolute Gasteiger partial charge is 0.0621 e. The summed E-state index contributed by atoms with van der Waals surface area (Å²) in [5, 5.41) is 12.8. The highest BCUT2D eigenvalue weighted by Crippen LogP contribution is 2.31. The topological polar surface area (TPSA) is 32.3 Å². The molecule has 0 radical (unpaired) electrons. The maximum Gasteiger partial charge on any atom is 0.0621 e. The molecule has 1 saturated heterocycles. The van der Waals surface area contributed by atoms with Crippen molar-refractivity contribution in [1.82, 2.24) is 5.32 Å². The van der Waals surface area contributed by atoms with Gasteiger partial charge in [-0.2, -0.15) is 11.8 Å². The molecule has 2 rings (SSSR count). The largest absolute Gasteiger partial charge is 0.394 e. The average Bonchev–Trinajstić information content (AvgIpc) is 2.82. The molecule has 0 aromatic heterocycles. The SMILES string of the molecule is OCC1(NCC2CC2)CCSC1. The van der Waals surface area contributed by atoms with E-state index in [4.69, 9.17) is 0 Å². The molecule has 2 nitrogen and oxygen atoms in total. The third-order valence-corrected chi connectivity index (χ3v) is 4.12. The van der Waals surface area contributed by atoms with Crippen LogP contribution in [0.3, 0.4) is 0 Å². The standard InChI is InChI=1S/C9H17NOS/c11-6-9(3-4-12-7-9)10-5-8-1-2-8/h8,10-11H,1-7H2. The zero-order valence-corrected chi connectivity index (χ0v) is 8.20. The molecule has 0 bridgehead atoms. The van der Waals surface area contributed by atoms with Gasteiger partial charge in [-0.15, -0.1) is 0 Å². The summed E-state index contributed by atoms with van der Waals surface area (Å²) in [6.45, 7) is 1.44. The predicted octanol–water partition coefficient (Wildman–Crippen LogP) is 0.854. The number of thioether (sulfide) groups is 1. The van der Waals surface area contributed by atoms with Crippen molar-refractivity contribution in [2.45, 2.75) is 24.8 Å². The van der Waals surface area contributed by atoms with Crippen LogP contribution in [0.4, 0.5) is 0 Å². The molecule has 0 aromatic rings. The minimum absolute atomic E-state index is 0.0766. The van der Waals surface area contributed by atoms with Crippen LogP contribution >= 0.6 is 11.8 Å². The number of rotatable bonds is 4. The van der Waals surface area contributed by atoms with Gasteiger partial charge in [0.15, 0.2) is 0 Å². The van der Waals surface area contributed by atoms with Gasteiger partial charge in [0, 0.05) is 5.75 Å². The minimum atomic E-state index is 0.0766. The summed E-state index contributed by atoms with van der Waals surface area (Å²) in [6, 6.07) is 0. The molecule has 1 saturated carbocycles. The van der Waals surface area contributed by atoms with Crippen LogP contribution in [-0.2, 0) is 0 Å². The van der Waals surface area contributed by atoms with E-state index < -0.39 is 0 Å². The molecule has 1 atom stereocenters. The summed E-state index contributed by atoms with van der Waals surface area (Å²) in [6.07, 6.45) is 3.92. The maximum absolute atomic E-state index is 9.27. The fraction of sp³-hybridized carbons (Fsp3) is 1.00. The first kappa shape index (κ1) is 8.85. The molecule has 0 spiro atoms. The van der Waals surface area contributed by atoms with Gasteiger partial charge in [0.1, 0.15) is 0 Å². The van der Waals surface area contributed by atoms with E-state index in [1.165, 1.54) is 18.6 Å². The first-order valence-corrected chi connectivity index (χ1v) is 5.94. The Labute approximate surface area is 78.1 Å². The monoisotopic (exact) mass is 187 g/mol. The molecule has 2 aliphatic rings. The Kier molecular flexibility index (Phi) is 2.63. The normalized spacial score (nSPS) is 35.8. The van der Waals surface area contributed by atoms with Crippen LogP contribution in [0.15, 0.2) is 0 Å². The van der Waals surface area contributed by atoms with Gasteiger partial charge in [-0.25, -0.2) is 0 Å². The van der Waals surface area contributed by atoms with Crippen LogP contribution < -0.4 is 5.32 Å². The number of nitrogens with one attached hydrogen (secondary N) is 1. The van der Waals surface area contributed by atoms with Crippen molar-refractivity contribution < 1.29 is 5.11 Å². The van der Waals surface area contributed by atoms with Gasteiger partial charge in [0.25, 0.3) is 0 Å². The van der Waals surface area contributed by atoms with Crippen molar-refractivity contribution in [3.8, 4) is 0 Å². The lowest BCUT2D eigenvalue weighted by molar-refractivity contribution is 0.178. The van der Waals surface area contributed by atoms with Crippen molar-refractivity contribution in [2.75, 3.05) is 24.7 Å². The predicted molar refractivity (Wildman–Crippen MR) is 52.5 cm³/mol. The molecule has 2 fully saturated rings. The van der Waals surface area contributed by atoms with Crippen molar-refractivity contribution in [3.63, 3.8) is 0 Å². The van der Waals surface area contributed by atoms with Crippen LogP contribution in [0.5, 0.6) is 0 Å². The lowest BCUT2D eigenvalue weighted by Crippen LogP contribution is -2.49. The van der Waals surface area contributed by atoms with Crippen LogP contribution in [0.1, 0.15) is 19.3 Å². The average molecular weight is 187 g/mol. The van der Waals surface area contributed by atoms with E-state index >= 15 is 0 Å². The first-order valence-electron chi connectivity index (χ1n) is 4.78. The summed E-state index contributed by atoms with van der Waals surface area (Å²) >= 11 is 1.96. The van der Waals surface area contributed by atoms with Gasteiger partial charge in [0.05, 0.1) is 12.1 Å². The van der Waals surface area contributed by atoms with Crippen molar-refractivity contribution in [3.05, 3.63) is 0 Å². The number of aliphatic hydroxyl groups is 1. The van der Waals surface area contributed by atoms with E-state index in [0.29, 0.717) is 6.61 Å². The molecule has 12 heavy (non-hydrogen) atoms. The second-order valence-electron chi connectivity index (χ2n) is 4.07. The molecule has 2 N–H and O–H groups in total. The van der Waals surface area contributed by atoms with Crippen LogP contribution in [0.2, 0.25) is 0 Å². The summed E-state index contributed by atoms with van der Waals surface area (Å²) in [7, 11) is 0. The molecular formula is C9H17NOS. The maximum atomic E-state index is 9.27. The lowest BCUT2D eigenvalue weighted by atomic mass is 10.0. The van der Waals surface area contributed by atoms with E-state index in [9.17, 15) is 5.11 Å². The molecule has 1 heterocycles. The first-order chi connectivity index (χ1) is 5.85. The second kappa shape index (κ2) is 3.56. The van der Waals surface area contributed by atoms with Crippen molar-refractivity contribution >= 4 is 11.8 Å². The molecule has 0 amide bonds. The molecule has 1 aliphatic heterocycles.